The molecule has 0 spiro atoms. The number of para-hydroxylation sites is 1. The highest BCUT2D eigenvalue weighted by atomic mass is 19.4. The first kappa shape index (κ1) is 21.6. The average molecular weight is 440 g/mol. The number of hydrogen-bond acceptors (Lipinski definition) is 3. The summed E-state index contributed by atoms with van der Waals surface area (Å²) in [6.45, 7) is 2.20. The van der Waals surface area contributed by atoms with Crippen molar-refractivity contribution in [3.8, 4) is 16.9 Å². The first-order valence-electron chi connectivity index (χ1n) is 9.90. The second-order valence-electron chi connectivity index (χ2n) is 7.42. The Labute approximate surface area is 182 Å². The largest absolute Gasteiger partial charge is 0.494 e. The summed E-state index contributed by atoms with van der Waals surface area (Å²) in [4.78, 5) is 4.07. The van der Waals surface area contributed by atoms with Crippen LogP contribution in [0.25, 0.3) is 22.0 Å². The lowest BCUT2D eigenvalue weighted by Gasteiger charge is -2.15. The second-order valence-corrected chi connectivity index (χ2v) is 7.42. The van der Waals surface area contributed by atoms with Crippen LogP contribution < -0.4 is 10.1 Å². The summed E-state index contributed by atoms with van der Waals surface area (Å²) in [6, 6.07) is 16.2. The first-order chi connectivity index (χ1) is 15.3. The van der Waals surface area contributed by atoms with Crippen molar-refractivity contribution >= 4 is 16.6 Å². The van der Waals surface area contributed by atoms with E-state index in [9.17, 15) is 17.6 Å². The Hall–Kier alpha value is -3.61. The molecule has 0 saturated heterocycles. The number of nitrogens with one attached hydrogen (secondary N) is 1. The number of benzene rings is 3. The SMILES string of the molecule is COc1ccc(CNc2cccc(-c3c(C)cnc4c(C(F)(F)F)cccc34)c2)cc1F. The fourth-order valence-electron chi connectivity index (χ4n) is 3.74. The van der Waals surface area contributed by atoms with Gasteiger partial charge in [-0.25, -0.2) is 4.39 Å². The molecule has 0 aliphatic carbocycles. The molecule has 164 valence electrons. The van der Waals surface area contributed by atoms with Gasteiger partial charge in [0, 0.05) is 23.8 Å². The standard InChI is InChI=1S/C25H20F4N2O/c1-15-13-31-24-19(7-4-8-20(24)25(27,28)29)23(15)17-5-3-6-18(12-17)30-14-16-9-10-22(32-2)21(26)11-16/h3-13,30H,14H2,1-2H3. The maximum Gasteiger partial charge on any atom is 0.418 e. The number of aromatic nitrogens is 1. The molecule has 4 rings (SSSR count). The third-order valence-electron chi connectivity index (χ3n) is 5.26. The molecule has 7 heteroatoms. The summed E-state index contributed by atoms with van der Waals surface area (Å²) in [5.41, 5.74) is 2.88. The average Bonchev–Trinajstić information content (AvgIpc) is 2.76. The van der Waals surface area contributed by atoms with E-state index in [2.05, 4.69) is 10.3 Å². The number of hydrogen-bond donors (Lipinski definition) is 1. The van der Waals surface area contributed by atoms with E-state index in [0.29, 0.717) is 17.5 Å². The first-order valence-corrected chi connectivity index (χ1v) is 9.90. The summed E-state index contributed by atoms with van der Waals surface area (Å²) >= 11 is 0. The number of methoxy groups -OCH3 is 1. The van der Waals surface area contributed by atoms with Crippen molar-refractivity contribution in [2.45, 2.75) is 19.6 Å². The quantitative estimate of drug-likeness (QED) is 0.340. The molecule has 3 aromatic carbocycles. The summed E-state index contributed by atoms with van der Waals surface area (Å²) in [5.74, 6) is -0.270. The number of nitrogens with zero attached hydrogens (tertiary/aromatic N) is 1. The molecule has 0 aliphatic heterocycles. The fraction of sp³-hybridized carbons (Fsp3) is 0.160. The summed E-state index contributed by atoms with van der Waals surface area (Å²) < 4.78 is 59.3. The number of ether oxygens (including phenoxy) is 1. The van der Waals surface area contributed by atoms with E-state index in [-0.39, 0.29) is 11.3 Å². The molecule has 3 nitrogen and oxygen atoms in total. The van der Waals surface area contributed by atoms with E-state index in [1.165, 1.54) is 25.4 Å². The van der Waals surface area contributed by atoms with Crippen molar-refractivity contribution in [3.05, 3.63) is 89.4 Å². The lowest BCUT2D eigenvalue weighted by atomic mass is 9.95. The molecule has 0 unspecified atom stereocenters. The Balaban J connectivity index is 1.69. The minimum atomic E-state index is -4.49. The predicted octanol–water partition coefficient (Wildman–Crippen LogP) is 6.99. The molecule has 1 N–H and O–H groups in total. The van der Waals surface area contributed by atoms with Crippen molar-refractivity contribution in [2.24, 2.45) is 0 Å². The molecule has 1 heterocycles. The van der Waals surface area contributed by atoms with Crippen molar-refractivity contribution in [1.82, 2.24) is 4.98 Å². The van der Waals surface area contributed by atoms with Crippen LogP contribution >= 0.6 is 0 Å². The van der Waals surface area contributed by atoms with Gasteiger partial charge in [-0.2, -0.15) is 13.2 Å². The predicted molar refractivity (Wildman–Crippen MR) is 117 cm³/mol. The van der Waals surface area contributed by atoms with Gasteiger partial charge >= 0.3 is 6.18 Å². The van der Waals surface area contributed by atoms with E-state index < -0.39 is 17.6 Å². The molecule has 0 fully saturated rings. The van der Waals surface area contributed by atoms with E-state index in [1.54, 1.807) is 18.2 Å². The van der Waals surface area contributed by atoms with Gasteiger partial charge < -0.3 is 10.1 Å². The van der Waals surface area contributed by atoms with Crippen LogP contribution in [0.4, 0.5) is 23.2 Å². The van der Waals surface area contributed by atoms with Crippen LogP contribution in [-0.4, -0.2) is 12.1 Å². The van der Waals surface area contributed by atoms with Crippen LogP contribution in [0.2, 0.25) is 0 Å². The summed E-state index contributed by atoms with van der Waals surface area (Å²) in [6.07, 6.45) is -3.02. The lowest BCUT2D eigenvalue weighted by molar-refractivity contribution is -0.136. The third kappa shape index (κ3) is 4.23. The molecule has 32 heavy (non-hydrogen) atoms. The minimum Gasteiger partial charge on any atom is -0.494 e. The van der Waals surface area contributed by atoms with Gasteiger partial charge in [0.05, 0.1) is 18.2 Å². The van der Waals surface area contributed by atoms with Crippen molar-refractivity contribution < 1.29 is 22.3 Å². The number of alkyl halides is 3. The van der Waals surface area contributed by atoms with Gasteiger partial charge in [0.2, 0.25) is 0 Å². The number of aryl methyl sites for hydroxylation is 1. The molecule has 0 radical (unpaired) electrons. The second kappa shape index (κ2) is 8.49. The van der Waals surface area contributed by atoms with Crippen LogP contribution in [0.3, 0.4) is 0 Å². The third-order valence-corrected chi connectivity index (χ3v) is 5.26. The van der Waals surface area contributed by atoms with Gasteiger partial charge in [-0.15, -0.1) is 0 Å². The van der Waals surface area contributed by atoms with Gasteiger partial charge in [0.25, 0.3) is 0 Å². The lowest BCUT2D eigenvalue weighted by Crippen LogP contribution is -2.07. The van der Waals surface area contributed by atoms with Crippen LogP contribution in [0.15, 0.2) is 66.9 Å². The Kier molecular flexibility index (Phi) is 5.74. The van der Waals surface area contributed by atoms with E-state index in [1.807, 2.05) is 31.2 Å². The number of fused-ring (bicyclic) bond motifs is 1. The van der Waals surface area contributed by atoms with Crippen molar-refractivity contribution in [2.75, 3.05) is 12.4 Å². The Morgan fingerprint density at radius 3 is 2.50 bits per heavy atom. The number of rotatable bonds is 5. The van der Waals surface area contributed by atoms with Gasteiger partial charge in [-0.05, 0) is 59.5 Å². The Bertz CT molecular complexity index is 1280. The molecular formula is C25H20F4N2O. The normalized spacial score (nSPS) is 11.6. The smallest absolute Gasteiger partial charge is 0.418 e. The fourth-order valence-corrected chi connectivity index (χ4v) is 3.74. The Morgan fingerprint density at radius 1 is 1.00 bits per heavy atom. The van der Waals surface area contributed by atoms with Gasteiger partial charge in [0.1, 0.15) is 0 Å². The molecule has 1 aromatic heterocycles. The number of pyridine rings is 1. The molecule has 0 bridgehead atoms. The highest BCUT2D eigenvalue weighted by Crippen LogP contribution is 2.38. The van der Waals surface area contributed by atoms with Gasteiger partial charge in [-0.1, -0.05) is 30.3 Å². The molecule has 0 atom stereocenters. The molecule has 0 aliphatic rings. The van der Waals surface area contributed by atoms with Gasteiger partial charge in [-0.3, -0.25) is 4.98 Å². The maximum atomic E-state index is 13.9. The maximum absolute atomic E-state index is 13.9. The van der Waals surface area contributed by atoms with E-state index >= 15 is 0 Å². The monoisotopic (exact) mass is 440 g/mol. The minimum absolute atomic E-state index is 0.0762. The van der Waals surface area contributed by atoms with Crippen molar-refractivity contribution in [1.29, 1.82) is 0 Å². The van der Waals surface area contributed by atoms with Crippen LogP contribution in [0.1, 0.15) is 16.7 Å². The van der Waals surface area contributed by atoms with Crippen LogP contribution in [-0.2, 0) is 12.7 Å². The highest BCUT2D eigenvalue weighted by molar-refractivity contribution is 5.98. The van der Waals surface area contributed by atoms with E-state index in [0.717, 1.165) is 28.4 Å². The topological polar surface area (TPSA) is 34.1 Å². The molecular weight excluding hydrogens is 420 g/mol. The number of halogens is 4. The molecule has 0 saturated carbocycles. The molecule has 4 aromatic rings. The zero-order valence-corrected chi connectivity index (χ0v) is 17.4. The number of anilines is 1. The molecule has 0 amide bonds. The van der Waals surface area contributed by atoms with Crippen molar-refractivity contribution in [3.63, 3.8) is 0 Å². The zero-order valence-electron chi connectivity index (χ0n) is 17.4. The zero-order chi connectivity index (χ0) is 22.9. The van der Waals surface area contributed by atoms with Gasteiger partial charge in [0.15, 0.2) is 11.6 Å². The van der Waals surface area contributed by atoms with Crippen LogP contribution in [0.5, 0.6) is 5.75 Å². The Morgan fingerprint density at radius 2 is 1.78 bits per heavy atom. The van der Waals surface area contributed by atoms with E-state index in [4.69, 9.17) is 4.74 Å². The van der Waals surface area contributed by atoms with Crippen LogP contribution in [0, 0.1) is 12.7 Å². The summed E-state index contributed by atoms with van der Waals surface area (Å²) in [5, 5.41) is 3.67. The highest BCUT2D eigenvalue weighted by Gasteiger charge is 2.33. The summed E-state index contributed by atoms with van der Waals surface area (Å²) in [7, 11) is 1.41.